The number of nitrogens with two attached hydrogens (primary N) is 1. The van der Waals surface area contributed by atoms with Crippen LogP contribution in [-0.2, 0) is 4.74 Å². The molecule has 5 nitrogen and oxygen atoms in total. The molecule has 0 aromatic carbocycles. The van der Waals surface area contributed by atoms with Crippen LogP contribution in [0.2, 0.25) is 0 Å². The van der Waals surface area contributed by atoms with E-state index in [0.29, 0.717) is 5.69 Å². The van der Waals surface area contributed by atoms with E-state index in [-0.39, 0.29) is 0 Å². The average Bonchev–Trinajstić information content (AvgIpc) is 2.49. The predicted molar refractivity (Wildman–Crippen MR) is 74.9 cm³/mol. The summed E-state index contributed by atoms with van der Waals surface area (Å²) in [6.45, 7) is 3.15. The third-order valence-corrected chi connectivity index (χ3v) is 3.19. The lowest BCUT2D eigenvalue weighted by molar-refractivity contribution is 0.122. The van der Waals surface area contributed by atoms with Gasteiger partial charge >= 0.3 is 0 Å². The predicted octanol–water partition coefficient (Wildman–Crippen LogP) is 1.56. The van der Waals surface area contributed by atoms with Crippen LogP contribution in [0.1, 0.15) is 0 Å². The van der Waals surface area contributed by atoms with Crippen LogP contribution in [0.15, 0.2) is 36.7 Å². The second-order valence-corrected chi connectivity index (χ2v) is 4.42. The van der Waals surface area contributed by atoms with Crippen LogP contribution in [0.3, 0.4) is 0 Å². The van der Waals surface area contributed by atoms with Crippen molar-refractivity contribution >= 4 is 11.5 Å². The van der Waals surface area contributed by atoms with Crippen LogP contribution in [0.5, 0.6) is 0 Å². The molecule has 0 saturated carbocycles. The molecular weight excluding hydrogens is 240 g/mol. The third kappa shape index (κ3) is 2.37. The summed E-state index contributed by atoms with van der Waals surface area (Å²) in [6.07, 6.45) is 3.55. The lowest BCUT2D eigenvalue weighted by Gasteiger charge is -2.29. The van der Waals surface area contributed by atoms with Gasteiger partial charge < -0.3 is 15.4 Å². The molecule has 98 valence electrons. The molecule has 0 bridgehead atoms. The van der Waals surface area contributed by atoms with Crippen molar-refractivity contribution in [3.63, 3.8) is 0 Å². The number of anilines is 2. The normalized spacial score (nSPS) is 15.5. The lowest BCUT2D eigenvalue weighted by Crippen LogP contribution is -2.37. The summed E-state index contributed by atoms with van der Waals surface area (Å²) in [5.41, 5.74) is 8.45. The van der Waals surface area contributed by atoms with Crippen molar-refractivity contribution in [2.75, 3.05) is 36.9 Å². The summed E-state index contributed by atoms with van der Waals surface area (Å²) in [7, 11) is 0. The van der Waals surface area contributed by atoms with Gasteiger partial charge in [0.05, 0.1) is 24.6 Å². The molecule has 1 saturated heterocycles. The molecule has 1 aliphatic rings. The molecule has 5 heteroatoms. The second-order valence-electron chi connectivity index (χ2n) is 4.42. The van der Waals surface area contributed by atoms with Gasteiger partial charge in [0, 0.05) is 31.0 Å². The molecule has 0 atom stereocenters. The van der Waals surface area contributed by atoms with Crippen LogP contribution < -0.4 is 10.6 Å². The highest BCUT2D eigenvalue weighted by atomic mass is 16.5. The first-order valence-electron chi connectivity index (χ1n) is 6.35. The summed E-state index contributed by atoms with van der Waals surface area (Å²) in [4.78, 5) is 11.1. The van der Waals surface area contributed by atoms with E-state index in [2.05, 4.69) is 14.9 Å². The average molecular weight is 256 g/mol. The number of nitrogen functional groups attached to an aromatic ring is 1. The standard InChI is InChI=1S/C14H16N4O/c15-12-4-2-5-16-13(12)11-3-1-6-17-14(11)18-7-9-19-10-8-18/h1-6H,7-10,15H2. The van der Waals surface area contributed by atoms with E-state index < -0.39 is 0 Å². The maximum Gasteiger partial charge on any atom is 0.138 e. The van der Waals surface area contributed by atoms with Crippen molar-refractivity contribution in [2.45, 2.75) is 0 Å². The lowest BCUT2D eigenvalue weighted by atomic mass is 10.1. The SMILES string of the molecule is Nc1cccnc1-c1cccnc1N1CCOCC1. The molecule has 2 N–H and O–H groups in total. The van der Waals surface area contributed by atoms with Crippen molar-refractivity contribution in [3.05, 3.63) is 36.7 Å². The van der Waals surface area contributed by atoms with E-state index in [1.54, 1.807) is 12.4 Å². The van der Waals surface area contributed by atoms with Crippen LogP contribution in [0.4, 0.5) is 11.5 Å². The minimum Gasteiger partial charge on any atom is -0.397 e. The maximum atomic E-state index is 6.02. The van der Waals surface area contributed by atoms with E-state index in [1.165, 1.54) is 0 Å². The van der Waals surface area contributed by atoms with Gasteiger partial charge in [0.1, 0.15) is 5.82 Å². The molecule has 19 heavy (non-hydrogen) atoms. The van der Waals surface area contributed by atoms with E-state index in [9.17, 15) is 0 Å². The van der Waals surface area contributed by atoms with Crippen molar-refractivity contribution < 1.29 is 4.74 Å². The van der Waals surface area contributed by atoms with Gasteiger partial charge in [-0.15, -0.1) is 0 Å². The van der Waals surface area contributed by atoms with Crippen LogP contribution >= 0.6 is 0 Å². The van der Waals surface area contributed by atoms with Gasteiger partial charge in [0.25, 0.3) is 0 Å². The van der Waals surface area contributed by atoms with E-state index in [1.807, 2.05) is 24.3 Å². The van der Waals surface area contributed by atoms with Gasteiger partial charge in [-0.2, -0.15) is 0 Å². The highest BCUT2D eigenvalue weighted by Crippen LogP contribution is 2.31. The summed E-state index contributed by atoms with van der Waals surface area (Å²) >= 11 is 0. The number of pyridine rings is 2. The number of hydrogen-bond donors (Lipinski definition) is 1. The topological polar surface area (TPSA) is 64.3 Å². The Kier molecular flexibility index (Phi) is 3.29. The molecule has 3 rings (SSSR count). The number of aromatic nitrogens is 2. The largest absolute Gasteiger partial charge is 0.397 e. The maximum absolute atomic E-state index is 6.02. The first-order chi connectivity index (χ1) is 9.36. The monoisotopic (exact) mass is 256 g/mol. The van der Waals surface area contributed by atoms with Gasteiger partial charge in [-0.05, 0) is 24.3 Å². The van der Waals surface area contributed by atoms with Gasteiger partial charge in [0.2, 0.25) is 0 Å². The van der Waals surface area contributed by atoms with Gasteiger partial charge in [-0.25, -0.2) is 4.98 Å². The Morgan fingerprint density at radius 3 is 2.58 bits per heavy atom. The Balaban J connectivity index is 2.04. The Labute approximate surface area is 112 Å². The van der Waals surface area contributed by atoms with Crippen molar-refractivity contribution in [2.24, 2.45) is 0 Å². The Hall–Kier alpha value is -2.14. The first-order valence-corrected chi connectivity index (χ1v) is 6.35. The molecule has 0 radical (unpaired) electrons. The number of rotatable bonds is 2. The Morgan fingerprint density at radius 1 is 1.05 bits per heavy atom. The molecule has 0 amide bonds. The second kappa shape index (κ2) is 5.24. The van der Waals surface area contributed by atoms with Crippen molar-refractivity contribution in [3.8, 4) is 11.3 Å². The molecule has 2 aromatic rings. The summed E-state index contributed by atoms with van der Waals surface area (Å²) in [5, 5.41) is 0. The Bertz CT molecular complexity index is 567. The van der Waals surface area contributed by atoms with E-state index >= 15 is 0 Å². The van der Waals surface area contributed by atoms with E-state index in [0.717, 1.165) is 43.4 Å². The fourth-order valence-electron chi connectivity index (χ4n) is 2.25. The molecule has 1 fully saturated rings. The van der Waals surface area contributed by atoms with Crippen LogP contribution in [-0.4, -0.2) is 36.3 Å². The quantitative estimate of drug-likeness (QED) is 0.883. The number of ether oxygens (including phenoxy) is 1. The third-order valence-electron chi connectivity index (χ3n) is 3.19. The molecular formula is C14H16N4O. The van der Waals surface area contributed by atoms with Gasteiger partial charge in [-0.1, -0.05) is 0 Å². The summed E-state index contributed by atoms with van der Waals surface area (Å²) in [6, 6.07) is 7.62. The number of nitrogens with zero attached hydrogens (tertiary/aromatic N) is 3. The molecule has 0 spiro atoms. The minimum atomic E-state index is 0.671. The smallest absolute Gasteiger partial charge is 0.138 e. The minimum absolute atomic E-state index is 0.671. The zero-order valence-corrected chi connectivity index (χ0v) is 10.6. The van der Waals surface area contributed by atoms with Crippen molar-refractivity contribution in [1.82, 2.24) is 9.97 Å². The number of hydrogen-bond acceptors (Lipinski definition) is 5. The van der Waals surface area contributed by atoms with Crippen LogP contribution in [0.25, 0.3) is 11.3 Å². The Morgan fingerprint density at radius 2 is 1.79 bits per heavy atom. The first kappa shape index (κ1) is 11.9. The van der Waals surface area contributed by atoms with Gasteiger partial charge in [-0.3, -0.25) is 4.98 Å². The van der Waals surface area contributed by atoms with E-state index in [4.69, 9.17) is 10.5 Å². The van der Waals surface area contributed by atoms with Gasteiger partial charge in [0.15, 0.2) is 0 Å². The fraction of sp³-hybridized carbons (Fsp3) is 0.286. The van der Waals surface area contributed by atoms with Crippen molar-refractivity contribution in [1.29, 1.82) is 0 Å². The summed E-state index contributed by atoms with van der Waals surface area (Å²) < 4.78 is 5.38. The fourth-order valence-corrected chi connectivity index (χ4v) is 2.25. The molecule has 1 aliphatic heterocycles. The highest BCUT2D eigenvalue weighted by Gasteiger charge is 2.18. The molecule has 3 heterocycles. The van der Waals surface area contributed by atoms with Crippen LogP contribution in [0, 0.1) is 0 Å². The number of morpholine rings is 1. The molecule has 0 aliphatic carbocycles. The molecule has 0 unspecified atom stereocenters. The highest BCUT2D eigenvalue weighted by molar-refractivity contribution is 5.80. The zero-order valence-electron chi connectivity index (χ0n) is 10.6. The summed E-state index contributed by atoms with van der Waals surface area (Å²) in [5.74, 6) is 0.927. The zero-order chi connectivity index (χ0) is 13.1. The molecule has 2 aromatic heterocycles.